The number of carbonyl (C=O) groups is 2. The fraction of sp³-hybridized carbons (Fsp3) is 0.287. The molecule has 748 valence electrons. The lowest BCUT2D eigenvalue weighted by Crippen LogP contribution is -2.26. The molecule has 2 amide bonds. The van der Waals surface area contributed by atoms with Gasteiger partial charge < -0.3 is 89.1 Å². The van der Waals surface area contributed by atoms with Gasteiger partial charge >= 0.3 is 24.7 Å². The minimum absolute atomic E-state index is 0.00327. The van der Waals surface area contributed by atoms with Crippen molar-refractivity contribution in [3.8, 4) is 57.5 Å². The van der Waals surface area contributed by atoms with E-state index in [4.69, 9.17) is 47.4 Å². The molecule has 46 heteroatoms. The minimum atomic E-state index is -4.67. The summed E-state index contributed by atoms with van der Waals surface area (Å²) in [6.45, 7) is 0.000963. The van der Waals surface area contributed by atoms with Gasteiger partial charge in [0, 0.05) is 182 Å². The van der Waals surface area contributed by atoms with Gasteiger partial charge in [-0.1, -0.05) is 30.3 Å². The standard InChI is InChI=1S/C24H27F3N6O2S.C24H25F3N4O2S.2C23H25F3N4O5/c1-32(2)22(34)17-8-6-10-18(14-17)30-23-29-15-19(24(25,26)27)20(31-23)12-11-16-9-7-13-28-21(16)33(3)36(4,5)35;1-31(2)22(32)17-8-6-9-18(14-17)29-23-28-15-20(24(25,26)27)21(30-23)12-11-16-7-5-10-19(13-16)34(3,4)33;1-31-15-6-7-17(32-2)13(8-15)11-27-21-16(23(24,25)26)12-28-22(30-21)29-14-9-18(33-3)20(35-5)19(10-14)34-4;1-31-15-7-6-13(17(10-15)32-2)11-27-21-16(23(24,25)26)12-28-22(30-21)29-14-8-18(33-3)20(35-5)19(9-14)34-4/h6-10,13-15H,4,11-12H2,1-3,5H3,(H,29,30,31);5-10,13-15H,3,11-12H2,1-2,4H3,(H,28,29,30);2*6-10,12H,11H2,1-5H3,(H2,27,28,29,30). The molecule has 5 heterocycles. The van der Waals surface area contributed by atoms with Crippen molar-refractivity contribution in [2.24, 2.45) is 0 Å². The Hall–Kier alpha value is -15.3. The topological polar surface area (TPSA) is 358 Å². The number of aryl methyl sites for hydroxylation is 4. The number of aromatic nitrogens is 9. The summed E-state index contributed by atoms with van der Waals surface area (Å²) in [5.41, 5.74) is 0.852. The molecule has 0 aliphatic rings. The summed E-state index contributed by atoms with van der Waals surface area (Å²) < 4.78 is 242. The summed E-state index contributed by atoms with van der Waals surface area (Å²) in [7, 11) is 17.6. The number of hydrogen-bond donors (Lipinski definition) is 6. The van der Waals surface area contributed by atoms with Gasteiger partial charge in [0.2, 0.25) is 35.3 Å². The van der Waals surface area contributed by atoms with Crippen LogP contribution in [0.15, 0.2) is 181 Å². The number of alkyl halides is 12. The second-order valence-electron chi connectivity index (χ2n) is 30.6. The van der Waals surface area contributed by atoms with Gasteiger partial charge in [-0.05, 0) is 143 Å². The first-order valence-corrected chi connectivity index (χ1v) is 45.7. The second kappa shape index (κ2) is 47.7. The lowest BCUT2D eigenvalue weighted by molar-refractivity contribution is -0.139. The van der Waals surface area contributed by atoms with Gasteiger partial charge in [-0.2, -0.15) is 62.7 Å². The SMILES string of the molecule is C=S(C)(=O)N(C)c1ncccc1CCc1nc(Nc2cccc(C(=O)N(C)C)c2)ncc1C(F)(F)F.C=S(C)(=O)c1cccc(CCc2nc(Nc3cccc(C(=O)N(C)C)c3)ncc2C(F)(F)F)c1.COc1ccc(CNc2nc(Nc3cc(OC)c(OC)c(OC)c3)ncc2C(F)(F)F)c(OC)c1.COc1ccc(OC)c(CNc2nc(Nc3cc(OC)c(OC)c(OC)c3)ncc2C(F)(F)F)c1. The molecule has 0 aliphatic heterocycles. The van der Waals surface area contributed by atoms with Gasteiger partial charge in [-0.25, -0.2) is 39.1 Å². The number of anilines is 11. The van der Waals surface area contributed by atoms with Crippen molar-refractivity contribution in [3.05, 3.63) is 244 Å². The largest absolute Gasteiger partial charge is 0.497 e. The summed E-state index contributed by atoms with van der Waals surface area (Å²) in [5.74, 6) is 10.4. The van der Waals surface area contributed by atoms with Crippen LogP contribution in [0, 0.1) is 0 Å². The molecular weight excluding hydrogens is 1900 g/mol. The van der Waals surface area contributed by atoms with Crippen molar-refractivity contribution in [3.63, 3.8) is 0 Å². The molecule has 6 N–H and O–H groups in total. The van der Waals surface area contributed by atoms with E-state index in [-0.39, 0.29) is 85.8 Å². The highest BCUT2D eigenvalue weighted by Crippen LogP contribution is 2.45. The normalized spacial score (nSPS) is 12.1. The number of carbonyl (C=O) groups excluding carboxylic acids is 2. The highest BCUT2D eigenvalue weighted by molar-refractivity contribution is 8.00. The van der Waals surface area contributed by atoms with E-state index in [2.05, 4.69) is 88.5 Å². The molecule has 0 radical (unpaired) electrons. The molecule has 12 rings (SSSR count). The number of nitrogens with zero attached hydrogens (tertiary/aromatic N) is 12. The zero-order chi connectivity index (χ0) is 103. The van der Waals surface area contributed by atoms with Gasteiger partial charge in [0.1, 0.15) is 51.6 Å². The molecule has 0 saturated carbocycles. The Morgan fingerprint density at radius 3 is 1.16 bits per heavy atom. The number of benzene rings is 7. The third-order valence-electron chi connectivity index (χ3n) is 20.2. The van der Waals surface area contributed by atoms with E-state index in [1.807, 2.05) is 0 Å². The molecule has 5 aromatic heterocycles. The summed E-state index contributed by atoms with van der Waals surface area (Å²) in [5, 5.41) is 17.0. The van der Waals surface area contributed by atoms with Crippen molar-refractivity contribution in [2.45, 2.75) is 68.4 Å². The molecule has 7 aromatic carbocycles. The maximum atomic E-state index is 13.7. The van der Waals surface area contributed by atoms with Crippen LogP contribution in [0.3, 0.4) is 0 Å². The van der Waals surface area contributed by atoms with Gasteiger partial charge in [-0.3, -0.25) is 18.1 Å². The molecule has 12 aromatic rings. The molecule has 32 nitrogen and oxygen atoms in total. The van der Waals surface area contributed by atoms with Crippen LogP contribution in [0.4, 0.5) is 117 Å². The predicted molar refractivity (Wildman–Crippen MR) is 511 cm³/mol. The van der Waals surface area contributed by atoms with Crippen molar-refractivity contribution < 1.29 is 118 Å². The third-order valence-corrected chi connectivity index (χ3v) is 22.8. The van der Waals surface area contributed by atoms with E-state index < -0.39 is 77.8 Å². The molecule has 140 heavy (non-hydrogen) atoms. The van der Waals surface area contributed by atoms with Crippen molar-refractivity contribution in [1.82, 2.24) is 54.7 Å². The molecule has 0 fully saturated rings. The maximum absolute atomic E-state index is 13.7. The number of nitrogens with one attached hydrogen (secondary N) is 6. The predicted octanol–water partition coefficient (Wildman–Crippen LogP) is 18.0. The van der Waals surface area contributed by atoms with Crippen LogP contribution in [0.25, 0.3) is 0 Å². The second-order valence-corrected chi connectivity index (χ2v) is 35.5. The Kier molecular flexibility index (Phi) is 36.9. The van der Waals surface area contributed by atoms with E-state index in [0.717, 1.165) is 18.0 Å². The van der Waals surface area contributed by atoms with Crippen LogP contribution in [-0.2, 0) is 82.7 Å². The first-order valence-electron chi connectivity index (χ1n) is 41.5. The van der Waals surface area contributed by atoms with Crippen LogP contribution >= 0.6 is 0 Å². The van der Waals surface area contributed by atoms with Gasteiger partial charge in [0.05, 0.1) is 93.6 Å². The Labute approximate surface area is 800 Å². The zero-order valence-corrected chi connectivity index (χ0v) is 80.5. The first-order chi connectivity index (χ1) is 66.1. The van der Waals surface area contributed by atoms with Crippen molar-refractivity contribution >= 4 is 107 Å². The molecule has 0 bridgehead atoms. The number of pyridine rings is 1. The minimum Gasteiger partial charge on any atom is -0.497 e. The number of methoxy groups -OCH3 is 10. The zero-order valence-electron chi connectivity index (χ0n) is 78.8. The Morgan fingerprint density at radius 2 is 0.764 bits per heavy atom. The molecule has 0 spiro atoms. The Morgan fingerprint density at radius 1 is 0.371 bits per heavy atom. The average Bonchev–Trinajstić information content (AvgIpc) is 0.806. The van der Waals surface area contributed by atoms with E-state index >= 15 is 0 Å². The Bertz CT molecular complexity index is 6520. The van der Waals surface area contributed by atoms with Gasteiger partial charge in [0.15, 0.2) is 23.0 Å². The summed E-state index contributed by atoms with van der Waals surface area (Å²) >= 11 is 0. The van der Waals surface area contributed by atoms with Gasteiger partial charge in [0.25, 0.3) is 11.8 Å². The summed E-state index contributed by atoms with van der Waals surface area (Å²) in [4.78, 5) is 63.8. The van der Waals surface area contributed by atoms with E-state index in [1.165, 1.54) is 104 Å². The Balaban J connectivity index is 0.000000209. The summed E-state index contributed by atoms with van der Waals surface area (Å²) in [6, 6.07) is 39.6. The van der Waals surface area contributed by atoms with Crippen molar-refractivity contribution in [1.29, 1.82) is 0 Å². The van der Waals surface area contributed by atoms with Crippen LogP contribution in [0.5, 0.6) is 57.5 Å². The number of rotatable bonds is 35. The maximum Gasteiger partial charge on any atom is 0.421 e. The fourth-order valence-corrected chi connectivity index (χ4v) is 14.4. The molecular formula is C94H102F12N18O14S2. The summed E-state index contributed by atoms with van der Waals surface area (Å²) in [6.07, 6.45) is -10.9. The van der Waals surface area contributed by atoms with Gasteiger partial charge in [-0.15, -0.1) is 0 Å². The van der Waals surface area contributed by atoms with E-state index in [1.54, 1.807) is 181 Å². The monoisotopic (exact) mass is 2000 g/mol. The molecule has 0 saturated heterocycles. The van der Waals surface area contributed by atoms with Crippen LogP contribution in [-0.4, -0.2) is 205 Å². The van der Waals surface area contributed by atoms with E-state index in [0.29, 0.717) is 131 Å². The van der Waals surface area contributed by atoms with Crippen LogP contribution in [0.2, 0.25) is 0 Å². The number of ether oxygens (including phenoxy) is 10. The first kappa shape index (κ1) is 108. The number of hydrogen-bond acceptors (Lipinski definition) is 29. The highest BCUT2D eigenvalue weighted by Gasteiger charge is 2.39. The smallest absolute Gasteiger partial charge is 0.421 e. The third kappa shape index (κ3) is 29.6. The molecule has 0 aliphatic carbocycles. The fourth-order valence-electron chi connectivity index (χ4n) is 13.1. The lowest BCUT2D eigenvalue weighted by Gasteiger charge is -2.22. The average molecular weight is 2000 g/mol. The van der Waals surface area contributed by atoms with Crippen LogP contribution < -0.4 is 83.6 Å². The molecule has 2 unspecified atom stereocenters. The van der Waals surface area contributed by atoms with Crippen molar-refractivity contribution in [2.75, 3.05) is 155 Å². The number of amides is 2. The lowest BCUT2D eigenvalue weighted by atomic mass is 10.1. The van der Waals surface area contributed by atoms with Crippen LogP contribution in [0.1, 0.15) is 76.6 Å². The highest BCUT2D eigenvalue weighted by atomic mass is 32.2. The van der Waals surface area contributed by atoms with E-state index in [9.17, 15) is 70.7 Å². The molecule has 2 atom stereocenters. The quantitative estimate of drug-likeness (QED) is 0.0159. The number of halogens is 12.